The number of anilines is 1. The number of ether oxygens (including phenoxy) is 1. The van der Waals surface area contributed by atoms with E-state index in [1.54, 1.807) is 12.4 Å². The molecule has 4 heteroatoms. The fraction of sp³-hybridized carbons (Fsp3) is 0.250. The van der Waals surface area contributed by atoms with E-state index in [1.807, 2.05) is 38.1 Å². The maximum Gasteiger partial charge on any atom is 0.340 e. The van der Waals surface area contributed by atoms with Crippen LogP contribution in [0, 0.1) is 6.92 Å². The molecule has 0 fully saturated rings. The second kappa shape index (κ2) is 6.19. The number of hydrogen-bond donors (Lipinski definition) is 1. The minimum atomic E-state index is -0.375. The molecule has 4 nitrogen and oxygen atoms in total. The highest BCUT2D eigenvalue weighted by Crippen LogP contribution is 2.30. The largest absolute Gasteiger partial charge is 0.462 e. The van der Waals surface area contributed by atoms with Crippen LogP contribution in [-0.2, 0) is 4.74 Å². The van der Waals surface area contributed by atoms with Gasteiger partial charge in [0.15, 0.2) is 0 Å². The maximum atomic E-state index is 12.3. The van der Waals surface area contributed by atoms with Crippen LogP contribution in [0.4, 0.5) is 5.69 Å². The van der Waals surface area contributed by atoms with Gasteiger partial charge in [0, 0.05) is 18.1 Å². The quantitative estimate of drug-likeness (QED) is 0.684. The summed E-state index contributed by atoms with van der Waals surface area (Å²) in [5.41, 5.74) is 9.52. The number of hydrogen-bond acceptors (Lipinski definition) is 4. The first-order chi connectivity index (χ1) is 9.65. The van der Waals surface area contributed by atoms with Gasteiger partial charge in [0.2, 0.25) is 0 Å². The lowest BCUT2D eigenvalue weighted by Crippen LogP contribution is -2.11. The molecule has 0 spiro atoms. The molecule has 0 atom stereocenters. The predicted octanol–water partition coefficient (Wildman–Crippen LogP) is 3.21. The van der Waals surface area contributed by atoms with Crippen molar-refractivity contribution in [2.75, 3.05) is 12.3 Å². The lowest BCUT2D eigenvalue weighted by molar-refractivity contribution is 0.0507. The molecule has 0 aliphatic carbocycles. The number of esters is 1. The second-order valence-electron chi connectivity index (χ2n) is 4.59. The molecule has 0 saturated carbocycles. The van der Waals surface area contributed by atoms with Crippen molar-refractivity contribution >= 4 is 11.7 Å². The van der Waals surface area contributed by atoms with Gasteiger partial charge in [0.05, 0.1) is 12.2 Å². The Balaban J connectivity index is 2.52. The predicted molar refractivity (Wildman–Crippen MR) is 79.4 cm³/mol. The van der Waals surface area contributed by atoms with E-state index in [0.717, 1.165) is 23.1 Å². The summed E-state index contributed by atoms with van der Waals surface area (Å²) in [6.45, 7) is 4.22. The molecule has 0 aliphatic rings. The van der Waals surface area contributed by atoms with Gasteiger partial charge in [-0.2, -0.15) is 0 Å². The summed E-state index contributed by atoms with van der Waals surface area (Å²) in [6, 6.07) is 7.49. The lowest BCUT2D eigenvalue weighted by Gasteiger charge is -2.14. The molecule has 0 aliphatic heterocycles. The van der Waals surface area contributed by atoms with Crippen LogP contribution in [0.5, 0.6) is 0 Å². The van der Waals surface area contributed by atoms with Crippen molar-refractivity contribution in [3.63, 3.8) is 0 Å². The highest BCUT2D eigenvalue weighted by Gasteiger charge is 2.19. The second-order valence-corrected chi connectivity index (χ2v) is 4.59. The minimum Gasteiger partial charge on any atom is -0.462 e. The summed E-state index contributed by atoms with van der Waals surface area (Å²) in [5, 5.41) is 0. The molecule has 1 heterocycles. The average molecular weight is 270 g/mol. The first-order valence-corrected chi connectivity index (χ1v) is 6.61. The van der Waals surface area contributed by atoms with Gasteiger partial charge in [0.25, 0.3) is 0 Å². The average Bonchev–Trinajstić information content (AvgIpc) is 2.48. The number of pyridine rings is 1. The van der Waals surface area contributed by atoms with Gasteiger partial charge in [-0.25, -0.2) is 4.79 Å². The Morgan fingerprint density at radius 2 is 1.95 bits per heavy atom. The van der Waals surface area contributed by atoms with E-state index in [4.69, 9.17) is 10.5 Å². The number of aryl methyl sites for hydroxylation is 1. The van der Waals surface area contributed by atoms with Gasteiger partial charge in [-0.3, -0.25) is 4.98 Å². The number of carbonyl (C=O) groups is 1. The Bertz CT molecular complexity index is 609. The van der Waals surface area contributed by atoms with E-state index in [-0.39, 0.29) is 5.97 Å². The topological polar surface area (TPSA) is 65.2 Å². The smallest absolute Gasteiger partial charge is 0.340 e. The highest BCUT2D eigenvalue weighted by molar-refractivity contribution is 6.03. The van der Waals surface area contributed by atoms with Crippen LogP contribution in [0.3, 0.4) is 0 Å². The van der Waals surface area contributed by atoms with E-state index >= 15 is 0 Å². The number of rotatable bonds is 4. The van der Waals surface area contributed by atoms with Crippen molar-refractivity contribution in [2.24, 2.45) is 0 Å². The summed E-state index contributed by atoms with van der Waals surface area (Å²) in [4.78, 5) is 16.2. The Morgan fingerprint density at radius 1 is 1.25 bits per heavy atom. The van der Waals surface area contributed by atoms with Crippen LogP contribution >= 0.6 is 0 Å². The lowest BCUT2D eigenvalue weighted by atomic mass is 9.96. The number of nitrogen functional groups attached to an aromatic ring is 1. The molecule has 104 valence electrons. The summed E-state index contributed by atoms with van der Waals surface area (Å²) >= 11 is 0. The van der Waals surface area contributed by atoms with Crippen LogP contribution in [-0.4, -0.2) is 17.6 Å². The zero-order chi connectivity index (χ0) is 14.5. The monoisotopic (exact) mass is 270 g/mol. The molecule has 0 radical (unpaired) electrons. The Morgan fingerprint density at radius 3 is 2.60 bits per heavy atom. The molecule has 0 amide bonds. The van der Waals surface area contributed by atoms with Gasteiger partial charge in [-0.05, 0) is 42.2 Å². The summed E-state index contributed by atoms with van der Waals surface area (Å²) in [7, 11) is 0. The van der Waals surface area contributed by atoms with Gasteiger partial charge in [-0.15, -0.1) is 0 Å². The molecule has 2 aromatic rings. The van der Waals surface area contributed by atoms with Crippen molar-refractivity contribution in [1.82, 2.24) is 4.98 Å². The normalized spacial score (nSPS) is 10.3. The molecule has 2 rings (SSSR count). The fourth-order valence-corrected chi connectivity index (χ4v) is 1.98. The van der Waals surface area contributed by atoms with Crippen LogP contribution in [0.25, 0.3) is 11.1 Å². The standard InChI is InChI=1S/C16H18N2O2/c1-3-10-20-16(19)14-13(5-4-11(2)15(14)17)12-6-8-18-9-7-12/h4-9H,3,10,17H2,1-2H3. The van der Waals surface area contributed by atoms with Crippen molar-refractivity contribution in [3.05, 3.63) is 47.8 Å². The summed E-state index contributed by atoms with van der Waals surface area (Å²) in [5.74, 6) is -0.375. The van der Waals surface area contributed by atoms with E-state index in [0.29, 0.717) is 17.9 Å². The van der Waals surface area contributed by atoms with Gasteiger partial charge in [-0.1, -0.05) is 19.1 Å². The molecule has 0 saturated heterocycles. The Kier molecular flexibility index (Phi) is 4.35. The van der Waals surface area contributed by atoms with Crippen molar-refractivity contribution in [1.29, 1.82) is 0 Å². The van der Waals surface area contributed by atoms with Gasteiger partial charge >= 0.3 is 5.97 Å². The Hall–Kier alpha value is -2.36. The van der Waals surface area contributed by atoms with E-state index < -0.39 is 0 Å². The molecule has 1 aromatic carbocycles. The third-order valence-corrected chi connectivity index (χ3v) is 3.10. The maximum absolute atomic E-state index is 12.3. The number of aromatic nitrogens is 1. The molecule has 1 aromatic heterocycles. The first kappa shape index (κ1) is 14.1. The van der Waals surface area contributed by atoms with Crippen LogP contribution in [0.15, 0.2) is 36.7 Å². The molecule has 2 N–H and O–H groups in total. The van der Waals surface area contributed by atoms with Gasteiger partial charge in [0.1, 0.15) is 0 Å². The molecule has 0 bridgehead atoms. The zero-order valence-corrected chi connectivity index (χ0v) is 11.7. The van der Waals surface area contributed by atoms with E-state index in [1.165, 1.54) is 0 Å². The van der Waals surface area contributed by atoms with Crippen molar-refractivity contribution < 1.29 is 9.53 Å². The summed E-state index contributed by atoms with van der Waals surface area (Å²) < 4.78 is 5.24. The number of benzene rings is 1. The SMILES string of the molecule is CCCOC(=O)c1c(-c2ccncc2)ccc(C)c1N. The summed E-state index contributed by atoms with van der Waals surface area (Å²) in [6.07, 6.45) is 4.15. The molecular weight excluding hydrogens is 252 g/mol. The van der Waals surface area contributed by atoms with Gasteiger partial charge < -0.3 is 10.5 Å². The first-order valence-electron chi connectivity index (χ1n) is 6.61. The van der Waals surface area contributed by atoms with Crippen LogP contribution in [0.1, 0.15) is 29.3 Å². The Labute approximate surface area is 118 Å². The highest BCUT2D eigenvalue weighted by atomic mass is 16.5. The number of nitrogens with zero attached hydrogens (tertiary/aromatic N) is 1. The molecule has 20 heavy (non-hydrogen) atoms. The molecule has 0 unspecified atom stereocenters. The van der Waals surface area contributed by atoms with Crippen LogP contribution in [0.2, 0.25) is 0 Å². The number of nitrogens with two attached hydrogens (primary N) is 1. The minimum absolute atomic E-state index is 0.375. The van der Waals surface area contributed by atoms with E-state index in [2.05, 4.69) is 4.98 Å². The van der Waals surface area contributed by atoms with Crippen molar-refractivity contribution in [3.8, 4) is 11.1 Å². The third kappa shape index (κ3) is 2.79. The third-order valence-electron chi connectivity index (χ3n) is 3.10. The fourth-order valence-electron chi connectivity index (χ4n) is 1.98. The van der Waals surface area contributed by atoms with Crippen molar-refractivity contribution in [2.45, 2.75) is 20.3 Å². The number of carbonyl (C=O) groups excluding carboxylic acids is 1. The zero-order valence-electron chi connectivity index (χ0n) is 11.7. The molecular formula is C16H18N2O2. The van der Waals surface area contributed by atoms with E-state index in [9.17, 15) is 4.79 Å². The van der Waals surface area contributed by atoms with Crippen LogP contribution < -0.4 is 5.73 Å².